The minimum absolute atomic E-state index is 0.132. The average Bonchev–Trinajstić information content (AvgIpc) is 2.30. The Morgan fingerprint density at radius 3 is 2.56 bits per heavy atom. The van der Waals surface area contributed by atoms with E-state index in [0.29, 0.717) is 0 Å². The largest absolute Gasteiger partial charge is 0.490 e. The van der Waals surface area contributed by atoms with Crippen LogP contribution in [0.25, 0.3) is 0 Å². The molecule has 1 aromatic carbocycles. The van der Waals surface area contributed by atoms with Crippen LogP contribution in [0.4, 0.5) is 0 Å². The second kappa shape index (κ2) is 4.38. The van der Waals surface area contributed by atoms with Crippen molar-refractivity contribution in [3.63, 3.8) is 0 Å². The van der Waals surface area contributed by atoms with Crippen molar-refractivity contribution in [1.29, 1.82) is 0 Å². The molecular formula is C13H18BrNO. The molecule has 0 heterocycles. The molecule has 2 rings (SSSR count). The van der Waals surface area contributed by atoms with E-state index in [-0.39, 0.29) is 17.6 Å². The van der Waals surface area contributed by atoms with Gasteiger partial charge in [-0.3, -0.25) is 0 Å². The van der Waals surface area contributed by atoms with Gasteiger partial charge in [0, 0.05) is 22.4 Å². The van der Waals surface area contributed by atoms with Gasteiger partial charge in [0.05, 0.1) is 0 Å². The second-order valence-corrected chi connectivity index (χ2v) is 5.68. The van der Waals surface area contributed by atoms with Gasteiger partial charge in [0.15, 0.2) is 0 Å². The Kier molecular flexibility index (Phi) is 3.27. The zero-order valence-electron chi connectivity index (χ0n) is 9.74. The van der Waals surface area contributed by atoms with Crippen LogP contribution in [0.5, 0.6) is 5.75 Å². The molecule has 3 atom stereocenters. The van der Waals surface area contributed by atoms with Crippen molar-refractivity contribution in [2.75, 3.05) is 0 Å². The van der Waals surface area contributed by atoms with Crippen molar-refractivity contribution < 1.29 is 4.74 Å². The summed E-state index contributed by atoms with van der Waals surface area (Å²) in [7, 11) is 0. The van der Waals surface area contributed by atoms with E-state index in [4.69, 9.17) is 10.5 Å². The molecule has 0 amide bonds. The zero-order valence-corrected chi connectivity index (χ0v) is 11.3. The number of ether oxygens (including phenoxy) is 1. The summed E-state index contributed by atoms with van der Waals surface area (Å²) in [4.78, 5) is 0. The molecule has 1 aliphatic rings. The highest BCUT2D eigenvalue weighted by atomic mass is 79.9. The molecule has 16 heavy (non-hydrogen) atoms. The Labute approximate surface area is 105 Å². The van der Waals surface area contributed by atoms with Crippen LogP contribution < -0.4 is 10.5 Å². The van der Waals surface area contributed by atoms with Gasteiger partial charge in [-0.15, -0.1) is 0 Å². The van der Waals surface area contributed by atoms with Crippen molar-refractivity contribution >= 4 is 15.9 Å². The highest BCUT2D eigenvalue weighted by Gasteiger charge is 2.50. The van der Waals surface area contributed by atoms with E-state index in [1.165, 1.54) is 0 Å². The smallest absolute Gasteiger partial charge is 0.119 e. The summed E-state index contributed by atoms with van der Waals surface area (Å²) in [5.41, 5.74) is 6.18. The fourth-order valence-corrected chi connectivity index (χ4v) is 2.46. The lowest BCUT2D eigenvalue weighted by atomic mass is 9.62. The van der Waals surface area contributed by atoms with E-state index in [1.54, 1.807) is 0 Å². The third-order valence-corrected chi connectivity index (χ3v) is 4.43. The van der Waals surface area contributed by atoms with Crippen molar-refractivity contribution in [3.05, 3.63) is 28.7 Å². The molecule has 2 nitrogen and oxygen atoms in total. The molecule has 1 aromatic rings. The molecule has 2 N–H and O–H groups in total. The van der Waals surface area contributed by atoms with Gasteiger partial charge in [-0.25, -0.2) is 0 Å². The molecule has 0 bridgehead atoms. The lowest BCUT2D eigenvalue weighted by Gasteiger charge is -2.51. The number of benzene rings is 1. The van der Waals surface area contributed by atoms with Crippen LogP contribution in [0.2, 0.25) is 0 Å². The standard InChI is InChI=1S/C13H18BrNO/c1-3-13(2)11(15)8-12(13)16-10-6-4-9(14)5-7-10/h4-7,11-12H,3,8,15H2,1-2H3. The fraction of sp³-hybridized carbons (Fsp3) is 0.538. The maximum absolute atomic E-state index is 6.05. The topological polar surface area (TPSA) is 35.2 Å². The summed E-state index contributed by atoms with van der Waals surface area (Å²) < 4.78 is 7.05. The first-order valence-corrected chi connectivity index (χ1v) is 6.53. The number of halogens is 1. The number of nitrogens with two attached hydrogens (primary N) is 1. The van der Waals surface area contributed by atoms with Gasteiger partial charge >= 0.3 is 0 Å². The third-order valence-electron chi connectivity index (χ3n) is 3.90. The van der Waals surface area contributed by atoms with Crippen molar-refractivity contribution in [1.82, 2.24) is 0 Å². The lowest BCUT2D eigenvalue weighted by Crippen LogP contribution is -2.61. The predicted octanol–water partition coefficient (Wildman–Crippen LogP) is 3.34. The van der Waals surface area contributed by atoms with E-state index in [2.05, 4.69) is 29.8 Å². The first-order valence-electron chi connectivity index (χ1n) is 5.74. The molecule has 0 aromatic heterocycles. The molecular weight excluding hydrogens is 266 g/mol. The third kappa shape index (κ3) is 1.98. The van der Waals surface area contributed by atoms with Gasteiger partial charge in [0.1, 0.15) is 11.9 Å². The molecule has 0 spiro atoms. The maximum atomic E-state index is 6.05. The quantitative estimate of drug-likeness (QED) is 0.924. The Hall–Kier alpha value is -0.540. The molecule has 1 aliphatic carbocycles. The van der Waals surface area contributed by atoms with E-state index >= 15 is 0 Å². The normalized spacial score (nSPS) is 33.2. The summed E-state index contributed by atoms with van der Waals surface area (Å²) in [6.45, 7) is 4.39. The van der Waals surface area contributed by atoms with Gasteiger partial charge in [0.25, 0.3) is 0 Å². The van der Waals surface area contributed by atoms with Crippen LogP contribution >= 0.6 is 15.9 Å². The van der Waals surface area contributed by atoms with Gasteiger partial charge < -0.3 is 10.5 Å². The fourth-order valence-electron chi connectivity index (χ4n) is 2.20. The van der Waals surface area contributed by atoms with Crippen LogP contribution in [0.15, 0.2) is 28.7 Å². The lowest BCUT2D eigenvalue weighted by molar-refractivity contribution is -0.0560. The summed E-state index contributed by atoms with van der Waals surface area (Å²) in [6.07, 6.45) is 2.28. The van der Waals surface area contributed by atoms with Crippen molar-refractivity contribution in [3.8, 4) is 5.75 Å². The van der Waals surface area contributed by atoms with E-state index in [1.807, 2.05) is 24.3 Å². The Morgan fingerprint density at radius 1 is 1.44 bits per heavy atom. The SMILES string of the molecule is CCC1(C)C(N)CC1Oc1ccc(Br)cc1. The number of hydrogen-bond donors (Lipinski definition) is 1. The molecule has 0 aliphatic heterocycles. The first kappa shape index (κ1) is 11.9. The summed E-state index contributed by atoms with van der Waals surface area (Å²) in [6, 6.07) is 8.25. The monoisotopic (exact) mass is 283 g/mol. The zero-order chi connectivity index (χ0) is 11.8. The Bertz CT molecular complexity index is 365. The van der Waals surface area contributed by atoms with Crippen LogP contribution in [0, 0.1) is 5.41 Å². The van der Waals surface area contributed by atoms with Gasteiger partial charge in [-0.05, 0) is 30.7 Å². The minimum atomic E-state index is 0.132. The molecule has 1 saturated carbocycles. The maximum Gasteiger partial charge on any atom is 0.119 e. The van der Waals surface area contributed by atoms with Crippen LogP contribution in [0.1, 0.15) is 26.7 Å². The minimum Gasteiger partial charge on any atom is -0.490 e. The summed E-state index contributed by atoms with van der Waals surface area (Å²) >= 11 is 3.41. The van der Waals surface area contributed by atoms with Gasteiger partial charge in [-0.1, -0.05) is 29.8 Å². The van der Waals surface area contributed by atoms with Crippen molar-refractivity contribution in [2.45, 2.75) is 38.8 Å². The van der Waals surface area contributed by atoms with Gasteiger partial charge in [-0.2, -0.15) is 0 Å². The van der Waals surface area contributed by atoms with E-state index in [9.17, 15) is 0 Å². The number of hydrogen-bond acceptors (Lipinski definition) is 2. The molecule has 0 saturated heterocycles. The Morgan fingerprint density at radius 2 is 2.06 bits per heavy atom. The van der Waals surface area contributed by atoms with Crippen molar-refractivity contribution in [2.24, 2.45) is 11.1 Å². The number of rotatable bonds is 3. The van der Waals surface area contributed by atoms with E-state index in [0.717, 1.165) is 23.1 Å². The highest BCUT2D eigenvalue weighted by molar-refractivity contribution is 9.10. The summed E-state index contributed by atoms with van der Waals surface area (Å²) in [5.74, 6) is 0.930. The highest BCUT2D eigenvalue weighted by Crippen LogP contribution is 2.44. The summed E-state index contributed by atoms with van der Waals surface area (Å²) in [5, 5.41) is 0. The molecule has 3 unspecified atom stereocenters. The molecule has 3 heteroatoms. The van der Waals surface area contributed by atoms with Crippen LogP contribution in [-0.4, -0.2) is 12.1 Å². The predicted molar refractivity (Wildman–Crippen MR) is 69.5 cm³/mol. The second-order valence-electron chi connectivity index (χ2n) is 4.76. The molecule has 88 valence electrons. The van der Waals surface area contributed by atoms with E-state index < -0.39 is 0 Å². The van der Waals surface area contributed by atoms with Gasteiger partial charge in [0.2, 0.25) is 0 Å². The average molecular weight is 284 g/mol. The molecule has 1 fully saturated rings. The first-order chi connectivity index (χ1) is 7.56. The van der Waals surface area contributed by atoms with Crippen LogP contribution in [-0.2, 0) is 0 Å². The van der Waals surface area contributed by atoms with Crippen LogP contribution in [0.3, 0.4) is 0 Å². The molecule has 0 radical (unpaired) electrons. The Balaban J connectivity index is 2.04.